The van der Waals surface area contributed by atoms with Gasteiger partial charge >= 0.3 is 384 Å². The van der Waals surface area contributed by atoms with Crippen LogP contribution in [0.5, 0.6) is 0 Å². The number of rotatable bonds is 44. The average molecular weight is 2380 g/mol. The van der Waals surface area contributed by atoms with Gasteiger partial charge < -0.3 is 92.3 Å². The number of hydrogen-bond donors (Lipinski definition) is 0. The molecule has 4 aliphatic carbocycles. The number of ether oxygens (including phenoxy) is 7. The summed E-state index contributed by atoms with van der Waals surface area (Å²) in [5.74, 6) is 1.75. The maximum Gasteiger partial charge on any atom is 1.00 e. The van der Waals surface area contributed by atoms with Crippen LogP contribution in [0.3, 0.4) is 0 Å². The first-order valence-corrected chi connectivity index (χ1v) is 52.9. The molecule has 0 aromatic heterocycles. The Labute approximate surface area is 1080 Å². The van der Waals surface area contributed by atoms with Crippen LogP contribution in [0.1, 0.15) is 112 Å². The second kappa shape index (κ2) is 64.3. The molecule has 29 atom stereocenters. The normalized spacial score (nSPS) is 33.4. The Morgan fingerprint density at radius 3 is 0.841 bits per heavy atom. The molecule has 61 nitrogen and oxygen atoms in total. The van der Waals surface area contributed by atoms with Crippen LogP contribution in [0.4, 0.5) is 0 Å². The van der Waals surface area contributed by atoms with Gasteiger partial charge in [-0.3, -0.25) is 54.4 Å². The van der Waals surface area contributed by atoms with Crippen LogP contribution >= 0.6 is 0 Å². The zero-order valence-corrected chi connectivity index (χ0v) is 113. The van der Waals surface area contributed by atoms with E-state index >= 15 is 0 Å². The van der Waals surface area contributed by atoms with Crippen molar-refractivity contribution in [2.75, 3.05) is 26.4 Å². The van der Waals surface area contributed by atoms with E-state index in [0.717, 1.165) is 57.8 Å². The minimum Gasteiger partial charge on any atom is -0.726 e. The molecule has 736 valence electrons. The third-order valence-corrected chi connectivity index (χ3v) is 27.7. The summed E-state index contributed by atoms with van der Waals surface area (Å²) in [6, 6.07) is 0. The molecule has 4 aliphatic heterocycles. The molecule has 4 heterocycles. The van der Waals surface area contributed by atoms with E-state index in [2.05, 4.69) is 82.1 Å². The number of hydrogen-bond acceptors (Lipinski definition) is 61. The van der Waals surface area contributed by atoms with Crippen molar-refractivity contribution >= 4 is 135 Å². The van der Waals surface area contributed by atoms with Crippen molar-refractivity contribution in [3.8, 4) is 0 Å². The standard InChI is InChI=1S/C51H88O61S13.13Na/c1-22(2)7-6-8-23(3)27-13-14-28-26-12-10-24-9-11-25(17-51(24,5)29(26)15-16-50(27,28)4)102-103-49-45(112-125(88,89)90)40(107-120(73,74)75)36(32(98-49)20-93-115(58,59)60)101-47-43(110-123(82,83)84)38(105-118(67,68)69)34(30(96-47)18-91-113(52,53)54)99-46-42(109-122(79,80)81)39(106-119(70,71)72)35(31(95-46)19-92-114(55,56)57)100-48-44(111-124(85,86)87)41(108-121(76,77)78)37(104-117(64,65)66)33(97-48)21-94-116(61,62)63;;;;;;;;;;;;;/h22-49H,6-21H2,1-5H3,(H,52,53,54)(H,55,56,57)(H,58,59,60)(H,61,62,63)(H,64,65,66)(H,67,68,69)(H,70,71,72)(H,73,74,75)(H,76,77,78)(H,79,80,81)(H,82,83,84)(H,85,86,87)(H,88,89,90);;;;;;;;;;;;;/q;13*+1/p-13/t23-,24-,25-,26+,27-,28+,29+,30+,31+,32-,33+,34-,35-,36-,37-,38+,39+,40+,41+,42+,43+,44+,45+,46-,47-,48-,49-,50-,51+;;;;;;;;;;;;;/m1............./s1. The topological polar surface area (TPSA) is 947 Å². The molecule has 4 saturated heterocycles. The summed E-state index contributed by atoms with van der Waals surface area (Å²) in [6.45, 7) is 1.22. The molecule has 0 radical (unpaired) electrons. The summed E-state index contributed by atoms with van der Waals surface area (Å²) >= 11 is 0. The Kier molecular flexibility index (Phi) is 74.3. The summed E-state index contributed by atoms with van der Waals surface area (Å²) in [4.78, 5) is 11.3. The van der Waals surface area contributed by atoms with E-state index in [0.29, 0.717) is 24.2 Å². The molecule has 0 aromatic rings. The average Bonchev–Trinajstić information content (AvgIpc) is 1.49. The largest absolute Gasteiger partial charge is 1.00 e. The molecular weight excluding hydrogens is 2300 g/mol. The van der Waals surface area contributed by atoms with Crippen molar-refractivity contribution < 1.29 is 650 Å². The van der Waals surface area contributed by atoms with E-state index in [9.17, 15) is 169 Å². The zero-order chi connectivity index (χ0) is 94.5. The van der Waals surface area contributed by atoms with Gasteiger partial charge in [0.05, 0.1) is 32.5 Å². The van der Waals surface area contributed by atoms with Gasteiger partial charge in [0.2, 0.25) is 141 Å². The maximum atomic E-state index is 13.0. The van der Waals surface area contributed by atoms with E-state index < -0.39 is 296 Å². The van der Waals surface area contributed by atoms with Crippen LogP contribution in [0.15, 0.2) is 0 Å². The van der Waals surface area contributed by atoms with Crippen LogP contribution in [-0.4, -0.2) is 324 Å². The molecule has 0 unspecified atom stereocenters. The van der Waals surface area contributed by atoms with Crippen molar-refractivity contribution in [1.82, 2.24) is 0 Å². The molecule has 0 spiro atoms. The minimum absolute atomic E-state index is 0. The van der Waals surface area contributed by atoms with E-state index in [4.69, 9.17) is 42.9 Å². The quantitative estimate of drug-likeness (QED) is 0.0180. The predicted molar refractivity (Wildman–Crippen MR) is 362 cm³/mol. The van der Waals surface area contributed by atoms with Crippen LogP contribution in [0.25, 0.3) is 0 Å². The summed E-state index contributed by atoms with van der Waals surface area (Å²) in [6.07, 6.45) is -67.6. The van der Waals surface area contributed by atoms with Crippen LogP contribution < -0.4 is 384 Å². The Hall–Kier alpha value is 10.9. The van der Waals surface area contributed by atoms with Crippen molar-refractivity contribution in [2.24, 2.45) is 52.3 Å². The molecule has 0 amide bonds. The van der Waals surface area contributed by atoms with Gasteiger partial charge in [0.1, 0.15) is 73.2 Å². The minimum atomic E-state index is -7.14. The van der Waals surface area contributed by atoms with Crippen molar-refractivity contribution in [3.05, 3.63) is 0 Å². The summed E-state index contributed by atoms with van der Waals surface area (Å²) in [5.41, 5.74) is -0.667. The second-order valence-corrected chi connectivity index (χ2v) is 43.5. The third kappa shape index (κ3) is 52.2. The summed E-state index contributed by atoms with van der Waals surface area (Å²) < 4.78 is 578. The Bertz CT molecular complexity index is 5400. The first kappa shape index (κ1) is 160. The van der Waals surface area contributed by atoms with Crippen molar-refractivity contribution in [3.63, 3.8) is 0 Å². The molecule has 8 fully saturated rings. The van der Waals surface area contributed by atoms with Gasteiger partial charge in [-0.1, -0.05) is 53.9 Å². The van der Waals surface area contributed by atoms with Crippen LogP contribution in [-0.2, 0) is 233 Å². The molecule has 8 rings (SSSR count). The molecule has 0 bridgehead atoms. The smallest absolute Gasteiger partial charge is 0.726 e. The van der Waals surface area contributed by atoms with Gasteiger partial charge in [-0.05, 0) is 110 Å². The van der Waals surface area contributed by atoms with Gasteiger partial charge in [0.25, 0.3) is 0 Å². The van der Waals surface area contributed by atoms with Crippen molar-refractivity contribution in [1.29, 1.82) is 0 Å². The Balaban J connectivity index is -0.00000335. The predicted octanol–water partition coefficient (Wildman–Crippen LogP) is -47.0. The molecule has 8 aliphatic rings. The van der Waals surface area contributed by atoms with E-state index in [1.54, 1.807) is 0 Å². The first-order chi connectivity index (χ1) is 56.4. The maximum absolute atomic E-state index is 13.0. The Morgan fingerprint density at radius 1 is 0.283 bits per heavy atom. The molecular formula is C51H75Na13O61S13. The zero-order valence-electron chi connectivity index (χ0n) is 76.7. The fourth-order valence-corrected chi connectivity index (χ4v) is 23.3. The fraction of sp³-hybridized carbons (Fsp3) is 1.00. The Morgan fingerprint density at radius 2 is 0.543 bits per heavy atom. The van der Waals surface area contributed by atoms with Gasteiger partial charge in [-0.15, -0.1) is 0 Å². The van der Waals surface area contributed by atoms with E-state index in [1.807, 2.05) is 6.92 Å². The van der Waals surface area contributed by atoms with Crippen LogP contribution in [0.2, 0.25) is 0 Å². The third-order valence-electron chi connectivity index (χ3n) is 21.9. The molecule has 0 N–H and O–H groups in total. The molecule has 0 aromatic carbocycles. The van der Waals surface area contributed by atoms with Gasteiger partial charge in [-0.25, -0.2) is 119 Å². The van der Waals surface area contributed by atoms with E-state index in [1.165, 1.54) is 0 Å². The summed E-state index contributed by atoms with van der Waals surface area (Å²) in [5, 5.41) is 0. The fourth-order valence-electron chi connectivity index (χ4n) is 17.8. The van der Waals surface area contributed by atoms with Gasteiger partial charge in [-0.2, -0.15) is 0 Å². The first-order valence-electron chi connectivity index (χ1n) is 35.5. The SMILES string of the molecule is CC(C)CCC[C@@H](C)[C@H]1CC[C@H]2[C@@H]3CC[C@H]4CC[C@@H](OO[C@H]5O[C@H](COS(=O)(=O)[O-])[C@@H](O[C@H]6O[C@@H](COS(=O)(=O)[O-])[C@@H](O[C@H]7O[C@@H](COS(=O)(=O)[O-])[C@@H](O[C@H]8O[C@@H](COS(=O)(=O)[O-])[C@@H](OS(=O)(=O)[O-])[C@H](OS(=O)(=O)[O-])[C@@H]8OS(=O)(=O)[O-])[C@H](OS(=O)(=O)[O-])[C@@H]7OS(=O)(=O)[O-])[C@H](OS(=O)(=O)[O-])[C@@H]6OS(=O)(=O)[O-])[C@H](OS(=O)(=O)[O-])[C@@H]5OS(=O)(=O)[O-])C[C@]4(C)[C@H]3CC[C@]12C.[Na+].[Na+].[Na+].[Na+].[Na+].[Na+].[Na+].[Na+].[Na+].[Na+].[Na+].[Na+].[Na+]. The van der Waals surface area contributed by atoms with Gasteiger partial charge in [0, 0.05) is 0 Å². The summed E-state index contributed by atoms with van der Waals surface area (Å²) in [7, 11) is -88.1. The van der Waals surface area contributed by atoms with E-state index in [-0.39, 0.29) is 426 Å². The monoisotopic (exact) mass is 2380 g/mol. The van der Waals surface area contributed by atoms with Crippen LogP contribution in [0, 0.1) is 52.3 Å². The second-order valence-electron chi connectivity index (χ2n) is 30.2. The van der Waals surface area contributed by atoms with Gasteiger partial charge in [0.15, 0.2) is 43.3 Å². The molecule has 138 heavy (non-hydrogen) atoms. The molecule has 4 saturated carbocycles. The number of fused-ring (bicyclic) bond motifs is 5. The van der Waals surface area contributed by atoms with Crippen molar-refractivity contribution in [2.45, 2.75) is 241 Å². The molecule has 87 heteroatoms.